The Morgan fingerprint density at radius 1 is 1.06 bits per heavy atom. The van der Waals surface area contributed by atoms with E-state index >= 15 is 0 Å². The van der Waals surface area contributed by atoms with Gasteiger partial charge in [-0.3, -0.25) is 14.7 Å². The lowest BCUT2D eigenvalue weighted by atomic mass is 10.2. The molecule has 0 N–H and O–H groups in total. The summed E-state index contributed by atoms with van der Waals surface area (Å²) in [5.74, 6) is 0.909. The van der Waals surface area contributed by atoms with Crippen LogP contribution in [0, 0.1) is 6.92 Å². The molecule has 8 heteroatoms. The molecule has 0 aliphatic heterocycles. The summed E-state index contributed by atoms with van der Waals surface area (Å²) in [5, 5.41) is 2.10. The molecule has 164 valence electrons. The number of nitrogens with zero attached hydrogens (tertiary/aromatic N) is 3. The maximum absolute atomic E-state index is 13.3. The van der Waals surface area contributed by atoms with E-state index in [9.17, 15) is 4.79 Å². The molecular formula is C24H21Cl2N3OS2. The lowest BCUT2D eigenvalue weighted by molar-refractivity contribution is -0.118. The number of fused-ring (bicyclic) bond motifs is 1. The van der Waals surface area contributed by atoms with Crippen LogP contribution < -0.4 is 4.90 Å². The molecular weight excluding hydrogens is 481 g/mol. The zero-order valence-corrected chi connectivity index (χ0v) is 20.6. The van der Waals surface area contributed by atoms with Gasteiger partial charge in [-0.15, -0.1) is 11.8 Å². The number of aryl methyl sites for hydroxylation is 1. The van der Waals surface area contributed by atoms with E-state index in [1.807, 2.05) is 55.5 Å². The normalized spacial score (nSPS) is 11.1. The summed E-state index contributed by atoms with van der Waals surface area (Å²) in [4.78, 5) is 25.0. The zero-order valence-electron chi connectivity index (χ0n) is 17.4. The van der Waals surface area contributed by atoms with Crippen LogP contribution in [-0.4, -0.2) is 21.6 Å². The molecule has 4 aromatic rings. The third-order valence-corrected chi connectivity index (χ3v) is 7.47. The number of amides is 1. The van der Waals surface area contributed by atoms with Crippen molar-refractivity contribution in [3.05, 3.63) is 82.1 Å². The Morgan fingerprint density at radius 3 is 2.56 bits per heavy atom. The monoisotopic (exact) mass is 501 g/mol. The van der Waals surface area contributed by atoms with E-state index in [-0.39, 0.29) is 5.91 Å². The lowest BCUT2D eigenvalue weighted by Crippen LogP contribution is -2.30. The number of halogens is 2. The largest absolute Gasteiger partial charge is 0.284 e. The summed E-state index contributed by atoms with van der Waals surface area (Å²) in [6.45, 7) is 2.44. The fraction of sp³-hybridized carbons (Fsp3) is 0.208. The quantitative estimate of drug-likeness (QED) is 0.186. The summed E-state index contributed by atoms with van der Waals surface area (Å²) < 4.78 is 0.982. The zero-order chi connectivity index (χ0) is 22.5. The SMILES string of the molecule is Cc1cc(Cl)cc2sc(N(Cc3ccncc3)C(=O)CCCSc3ccc(Cl)cc3)nc12. The van der Waals surface area contributed by atoms with Gasteiger partial charge in [0.2, 0.25) is 5.91 Å². The number of hydrogen-bond donors (Lipinski definition) is 0. The van der Waals surface area contributed by atoms with Gasteiger partial charge in [-0.25, -0.2) is 4.98 Å². The number of thioether (sulfide) groups is 1. The highest BCUT2D eigenvalue weighted by Gasteiger charge is 2.21. The Balaban J connectivity index is 1.49. The first-order valence-corrected chi connectivity index (χ1v) is 12.7. The second-order valence-corrected chi connectivity index (χ2v) is 10.4. The van der Waals surface area contributed by atoms with Gasteiger partial charge in [0.05, 0.1) is 16.8 Å². The molecule has 0 radical (unpaired) electrons. The molecule has 2 aromatic heterocycles. The summed E-state index contributed by atoms with van der Waals surface area (Å²) >= 11 is 15.4. The molecule has 0 fully saturated rings. The van der Waals surface area contributed by atoms with Crippen molar-refractivity contribution in [2.45, 2.75) is 31.2 Å². The van der Waals surface area contributed by atoms with Crippen molar-refractivity contribution in [3.63, 3.8) is 0 Å². The van der Waals surface area contributed by atoms with Crippen molar-refractivity contribution in [2.75, 3.05) is 10.7 Å². The topological polar surface area (TPSA) is 46.1 Å². The van der Waals surface area contributed by atoms with Crippen molar-refractivity contribution in [1.29, 1.82) is 0 Å². The van der Waals surface area contributed by atoms with Crippen LogP contribution in [-0.2, 0) is 11.3 Å². The summed E-state index contributed by atoms with van der Waals surface area (Å²) in [6.07, 6.45) is 4.70. The van der Waals surface area contributed by atoms with Crippen LogP contribution in [0.25, 0.3) is 10.2 Å². The minimum absolute atomic E-state index is 0.0568. The van der Waals surface area contributed by atoms with E-state index < -0.39 is 0 Å². The van der Waals surface area contributed by atoms with Crippen LogP contribution >= 0.6 is 46.3 Å². The molecule has 4 rings (SSSR count). The van der Waals surface area contributed by atoms with Crippen molar-refractivity contribution in [1.82, 2.24) is 9.97 Å². The van der Waals surface area contributed by atoms with Crippen molar-refractivity contribution in [2.24, 2.45) is 0 Å². The number of pyridine rings is 1. The standard InChI is InChI=1S/C24H21Cl2N3OS2/c1-16-13-19(26)14-21-23(16)28-24(32-21)29(15-17-8-10-27-11-9-17)22(30)3-2-12-31-20-6-4-18(25)5-7-20/h4-11,13-14H,2-3,12,15H2,1H3. The minimum atomic E-state index is 0.0568. The Kier molecular flexibility index (Phi) is 7.68. The maximum Gasteiger partial charge on any atom is 0.229 e. The first kappa shape index (κ1) is 23.1. The van der Waals surface area contributed by atoms with Gasteiger partial charge in [-0.05, 0) is 78.8 Å². The van der Waals surface area contributed by atoms with E-state index in [0.29, 0.717) is 23.1 Å². The average molecular weight is 502 g/mol. The predicted octanol–water partition coefficient (Wildman–Crippen LogP) is 7.41. The fourth-order valence-corrected chi connectivity index (χ4v) is 5.69. The fourth-order valence-electron chi connectivity index (χ4n) is 3.27. The first-order valence-electron chi connectivity index (χ1n) is 10.1. The number of rotatable bonds is 8. The molecule has 0 unspecified atom stereocenters. The lowest BCUT2D eigenvalue weighted by Gasteiger charge is -2.20. The van der Waals surface area contributed by atoms with Gasteiger partial charge in [-0.1, -0.05) is 34.5 Å². The van der Waals surface area contributed by atoms with Crippen LogP contribution in [0.1, 0.15) is 24.0 Å². The van der Waals surface area contributed by atoms with Crippen molar-refractivity contribution in [3.8, 4) is 0 Å². The molecule has 0 aliphatic carbocycles. The number of aromatic nitrogens is 2. The summed E-state index contributed by atoms with van der Waals surface area (Å²) in [7, 11) is 0. The molecule has 0 aliphatic rings. The Morgan fingerprint density at radius 2 is 1.81 bits per heavy atom. The molecule has 1 amide bonds. The Bertz CT molecular complexity index is 1210. The number of anilines is 1. The highest BCUT2D eigenvalue weighted by atomic mass is 35.5. The summed E-state index contributed by atoms with van der Waals surface area (Å²) in [6, 6.07) is 15.4. The number of thiazole rings is 1. The van der Waals surface area contributed by atoms with E-state index in [1.54, 1.807) is 29.1 Å². The number of hydrogen-bond acceptors (Lipinski definition) is 5. The van der Waals surface area contributed by atoms with Crippen LogP contribution in [0.4, 0.5) is 5.13 Å². The van der Waals surface area contributed by atoms with Crippen LogP contribution in [0.5, 0.6) is 0 Å². The molecule has 4 nitrogen and oxygen atoms in total. The second kappa shape index (κ2) is 10.7. The smallest absolute Gasteiger partial charge is 0.229 e. The van der Waals surface area contributed by atoms with Gasteiger partial charge < -0.3 is 0 Å². The van der Waals surface area contributed by atoms with E-state index in [0.717, 1.165) is 43.4 Å². The highest BCUT2D eigenvalue weighted by molar-refractivity contribution is 7.99. The van der Waals surface area contributed by atoms with Crippen molar-refractivity contribution >= 4 is 67.6 Å². The number of carbonyl (C=O) groups excluding carboxylic acids is 1. The average Bonchev–Trinajstić information content (AvgIpc) is 3.21. The van der Waals surface area contributed by atoms with Gasteiger partial charge in [0.1, 0.15) is 0 Å². The molecule has 0 spiro atoms. The molecule has 0 saturated carbocycles. The molecule has 0 atom stereocenters. The third-order valence-electron chi connectivity index (χ3n) is 4.88. The van der Waals surface area contributed by atoms with Gasteiger partial charge in [0.25, 0.3) is 0 Å². The van der Waals surface area contributed by atoms with E-state index in [1.165, 1.54) is 11.3 Å². The summed E-state index contributed by atoms with van der Waals surface area (Å²) in [5.41, 5.74) is 2.91. The molecule has 0 bridgehead atoms. The van der Waals surface area contributed by atoms with E-state index in [2.05, 4.69) is 4.98 Å². The number of benzene rings is 2. The number of carbonyl (C=O) groups is 1. The maximum atomic E-state index is 13.3. The second-order valence-electron chi connectivity index (χ2n) is 7.31. The van der Waals surface area contributed by atoms with Gasteiger partial charge >= 0.3 is 0 Å². The Labute approximate surface area is 205 Å². The molecule has 32 heavy (non-hydrogen) atoms. The third kappa shape index (κ3) is 5.81. The molecule has 2 heterocycles. The first-order chi connectivity index (χ1) is 15.5. The van der Waals surface area contributed by atoms with Crippen LogP contribution in [0.3, 0.4) is 0 Å². The van der Waals surface area contributed by atoms with Crippen LogP contribution in [0.2, 0.25) is 10.0 Å². The predicted molar refractivity (Wildman–Crippen MR) is 136 cm³/mol. The molecule has 0 saturated heterocycles. The van der Waals surface area contributed by atoms with Gasteiger partial charge in [-0.2, -0.15) is 0 Å². The Hall–Kier alpha value is -2.12. The minimum Gasteiger partial charge on any atom is -0.284 e. The highest BCUT2D eigenvalue weighted by Crippen LogP contribution is 2.34. The molecule has 2 aromatic carbocycles. The van der Waals surface area contributed by atoms with E-state index in [4.69, 9.17) is 28.2 Å². The van der Waals surface area contributed by atoms with Gasteiger partial charge in [0.15, 0.2) is 5.13 Å². The van der Waals surface area contributed by atoms with Crippen molar-refractivity contribution < 1.29 is 4.79 Å². The van der Waals surface area contributed by atoms with Crippen LogP contribution in [0.15, 0.2) is 65.8 Å². The van der Waals surface area contributed by atoms with Gasteiger partial charge in [0, 0.05) is 33.8 Å².